The highest BCUT2D eigenvalue weighted by molar-refractivity contribution is 7.91. The lowest BCUT2D eigenvalue weighted by Gasteiger charge is -2.22. The van der Waals surface area contributed by atoms with Gasteiger partial charge in [0.1, 0.15) is 9.84 Å². The molecule has 1 spiro atoms. The van der Waals surface area contributed by atoms with E-state index < -0.39 is 9.84 Å². The van der Waals surface area contributed by atoms with E-state index in [1.807, 2.05) is 0 Å². The number of aryl methyl sites for hydroxylation is 3. The molecule has 126 valence electrons. The Morgan fingerprint density at radius 2 is 1.74 bits per heavy atom. The van der Waals surface area contributed by atoms with Crippen LogP contribution in [0.4, 0.5) is 0 Å². The molecule has 0 radical (unpaired) electrons. The Balaban J connectivity index is 1.60. The third kappa shape index (κ3) is 3.30. The maximum atomic E-state index is 12.4. The summed E-state index contributed by atoms with van der Waals surface area (Å²) in [6.45, 7) is 6.79. The van der Waals surface area contributed by atoms with Crippen molar-refractivity contribution < 1.29 is 13.2 Å². The molecule has 4 nitrogen and oxygen atoms in total. The van der Waals surface area contributed by atoms with Crippen molar-refractivity contribution in [2.75, 3.05) is 11.5 Å². The SMILES string of the molecule is Cc1cc(C)c(CNC(=O)[C@H]2CC23CCS(=O)(=O)CC3)c(C)c1. The summed E-state index contributed by atoms with van der Waals surface area (Å²) in [5.41, 5.74) is 4.80. The van der Waals surface area contributed by atoms with Gasteiger partial charge in [-0.15, -0.1) is 0 Å². The fourth-order valence-electron chi connectivity index (χ4n) is 4.00. The van der Waals surface area contributed by atoms with Gasteiger partial charge >= 0.3 is 0 Å². The highest BCUT2D eigenvalue weighted by Gasteiger charge is 2.59. The summed E-state index contributed by atoms with van der Waals surface area (Å²) in [5, 5.41) is 3.07. The first-order valence-electron chi connectivity index (χ1n) is 8.27. The number of sulfone groups is 1. The van der Waals surface area contributed by atoms with E-state index in [4.69, 9.17) is 0 Å². The quantitative estimate of drug-likeness (QED) is 0.923. The van der Waals surface area contributed by atoms with Gasteiger partial charge in [0.2, 0.25) is 5.91 Å². The van der Waals surface area contributed by atoms with Gasteiger partial charge in [0.15, 0.2) is 0 Å². The van der Waals surface area contributed by atoms with Gasteiger partial charge in [-0.05, 0) is 62.1 Å². The Morgan fingerprint density at radius 3 is 2.30 bits per heavy atom. The Bertz CT molecular complexity index is 715. The van der Waals surface area contributed by atoms with Crippen LogP contribution < -0.4 is 5.32 Å². The van der Waals surface area contributed by atoms with Crippen LogP contribution in [0.1, 0.15) is 41.5 Å². The van der Waals surface area contributed by atoms with Gasteiger partial charge in [-0.2, -0.15) is 0 Å². The predicted octanol–water partition coefficient (Wildman–Crippen LogP) is 2.44. The summed E-state index contributed by atoms with van der Waals surface area (Å²) < 4.78 is 23.1. The molecule has 5 heteroatoms. The molecule has 1 aliphatic carbocycles. The topological polar surface area (TPSA) is 63.2 Å². The highest BCUT2D eigenvalue weighted by Crippen LogP contribution is 2.59. The third-order valence-corrected chi connectivity index (χ3v) is 7.26. The number of amides is 1. The molecule has 1 aromatic carbocycles. The van der Waals surface area contributed by atoms with Crippen molar-refractivity contribution in [2.24, 2.45) is 11.3 Å². The smallest absolute Gasteiger partial charge is 0.223 e. The van der Waals surface area contributed by atoms with Gasteiger partial charge in [0.25, 0.3) is 0 Å². The molecule has 1 saturated carbocycles. The first kappa shape index (κ1) is 16.5. The lowest BCUT2D eigenvalue weighted by molar-refractivity contribution is -0.123. The van der Waals surface area contributed by atoms with Crippen LogP contribution in [-0.2, 0) is 21.2 Å². The fourth-order valence-corrected chi connectivity index (χ4v) is 5.64. The number of nitrogens with one attached hydrogen (secondary N) is 1. The van der Waals surface area contributed by atoms with Crippen LogP contribution in [0.2, 0.25) is 0 Å². The minimum Gasteiger partial charge on any atom is -0.352 e. The molecular formula is C18H25NO3S. The molecule has 1 aromatic rings. The van der Waals surface area contributed by atoms with E-state index in [0.29, 0.717) is 19.4 Å². The summed E-state index contributed by atoms with van der Waals surface area (Å²) in [4.78, 5) is 12.4. The minimum absolute atomic E-state index is 0.00376. The Labute approximate surface area is 138 Å². The largest absolute Gasteiger partial charge is 0.352 e. The average molecular weight is 335 g/mol. The van der Waals surface area contributed by atoms with E-state index in [2.05, 4.69) is 38.2 Å². The van der Waals surface area contributed by atoms with E-state index in [-0.39, 0.29) is 28.7 Å². The van der Waals surface area contributed by atoms with Gasteiger partial charge in [0.05, 0.1) is 11.5 Å². The van der Waals surface area contributed by atoms with Crippen molar-refractivity contribution >= 4 is 15.7 Å². The third-order valence-electron chi connectivity index (χ3n) is 5.61. The van der Waals surface area contributed by atoms with Crippen LogP contribution in [0.3, 0.4) is 0 Å². The van der Waals surface area contributed by atoms with Crippen molar-refractivity contribution in [2.45, 2.75) is 46.6 Å². The summed E-state index contributed by atoms with van der Waals surface area (Å²) >= 11 is 0. The van der Waals surface area contributed by atoms with E-state index in [9.17, 15) is 13.2 Å². The van der Waals surface area contributed by atoms with Crippen LogP contribution in [-0.4, -0.2) is 25.8 Å². The van der Waals surface area contributed by atoms with Crippen molar-refractivity contribution in [3.63, 3.8) is 0 Å². The molecule has 1 atom stereocenters. The van der Waals surface area contributed by atoms with Crippen molar-refractivity contribution in [3.8, 4) is 0 Å². The maximum Gasteiger partial charge on any atom is 0.223 e. The normalized spacial score (nSPS) is 24.4. The van der Waals surface area contributed by atoms with Gasteiger partial charge in [-0.3, -0.25) is 4.79 Å². The molecule has 1 amide bonds. The Morgan fingerprint density at radius 1 is 1.17 bits per heavy atom. The summed E-state index contributed by atoms with van der Waals surface area (Å²) in [7, 11) is -2.87. The number of hydrogen-bond acceptors (Lipinski definition) is 3. The number of carbonyl (C=O) groups is 1. The molecule has 0 unspecified atom stereocenters. The van der Waals surface area contributed by atoms with Gasteiger partial charge in [0, 0.05) is 12.5 Å². The van der Waals surface area contributed by atoms with Crippen LogP contribution in [0, 0.1) is 32.1 Å². The zero-order chi connectivity index (χ0) is 16.8. The Kier molecular flexibility index (Phi) is 4.03. The van der Waals surface area contributed by atoms with E-state index >= 15 is 0 Å². The van der Waals surface area contributed by atoms with Gasteiger partial charge in [-0.1, -0.05) is 17.7 Å². The lowest BCUT2D eigenvalue weighted by Crippen LogP contribution is -2.31. The Hall–Kier alpha value is -1.36. The van der Waals surface area contributed by atoms with Crippen molar-refractivity contribution in [1.82, 2.24) is 5.32 Å². The molecule has 2 aliphatic rings. The minimum atomic E-state index is -2.87. The second-order valence-electron chi connectivity index (χ2n) is 7.37. The molecule has 23 heavy (non-hydrogen) atoms. The zero-order valence-electron chi connectivity index (χ0n) is 14.1. The van der Waals surface area contributed by atoms with Crippen LogP contribution in [0.25, 0.3) is 0 Å². The number of carbonyl (C=O) groups excluding carboxylic acids is 1. The first-order valence-corrected chi connectivity index (χ1v) is 10.1. The zero-order valence-corrected chi connectivity index (χ0v) is 14.9. The van der Waals surface area contributed by atoms with Crippen LogP contribution >= 0.6 is 0 Å². The number of hydrogen-bond donors (Lipinski definition) is 1. The van der Waals surface area contributed by atoms with Crippen molar-refractivity contribution in [1.29, 1.82) is 0 Å². The predicted molar refractivity (Wildman–Crippen MR) is 90.9 cm³/mol. The monoisotopic (exact) mass is 335 g/mol. The molecule has 1 heterocycles. The van der Waals surface area contributed by atoms with E-state index in [1.54, 1.807) is 0 Å². The van der Waals surface area contributed by atoms with E-state index in [0.717, 1.165) is 6.42 Å². The van der Waals surface area contributed by atoms with Gasteiger partial charge < -0.3 is 5.32 Å². The molecule has 0 bridgehead atoms. The molecule has 0 aromatic heterocycles. The second kappa shape index (κ2) is 5.62. The highest BCUT2D eigenvalue weighted by atomic mass is 32.2. The van der Waals surface area contributed by atoms with Gasteiger partial charge in [-0.25, -0.2) is 8.42 Å². The summed E-state index contributed by atoms with van der Waals surface area (Å²) in [6, 6.07) is 4.28. The second-order valence-corrected chi connectivity index (χ2v) is 9.67. The first-order chi connectivity index (χ1) is 10.7. The molecule has 2 fully saturated rings. The molecule has 1 aliphatic heterocycles. The van der Waals surface area contributed by atoms with Crippen LogP contribution in [0.5, 0.6) is 0 Å². The molecule has 1 N–H and O–H groups in total. The fraction of sp³-hybridized carbons (Fsp3) is 0.611. The number of rotatable bonds is 3. The van der Waals surface area contributed by atoms with Crippen LogP contribution in [0.15, 0.2) is 12.1 Å². The van der Waals surface area contributed by atoms with Crippen molar-refractivity contribution in [3.05, 3.63) is 34.4 Å². The summed E-state index contributed by atoms with van der Waals surface area (Å²) in [6.07, 6.45) is 2.15. The van der Waals surface area contributed by atoms with E-state index in [1.165, 1.54) is 22.3 Å². The number of benzene rings is 1. The average Bonchev–Trinajstić information content (AvgIpc) is 3.16. The maximum absolute atomic E-state index is 12.4. The standard InChI is InChI=1S/C18H25NO3S/c1-12-8-13(2)15(14(3)9-12)11-19-17(20)16-10-18(16)4-6-23(21,22)7-5-18/h8-9,16H,4-7,10-11H2,1-3H3,(H,19,20)/t16-/m1/s1. The summed E-state index contributed by atoms with van der Waals surface area (Å²) in [5.74, 6) is 0.577. The molecule has 3 rings (SSSR count). The molecular weight excluding hydrogens is 310 g/mol. The molecule has 1 saturated heterocycles. The lowest BCUT2D eigenvalue weighted by atomic mass is 9.96.